The first-order valence-electron chi connectivity index (χ1n) is 11.3. The first-order valence-corrected chi connectivity index (χ1v) is 11.3. The summed E-state index contributed by atoms with van der Waals surface area (Å²) in [6.07, 6.45) is 10.1. The molecule has 0 saturated heterocycles. The van der Waals surface area contributed by atoms with E-state index >= 15 is 0 Å². The van der Waals surface area contributed by atoms with Crippen molar-refractivity contribution >= 4 is 34.4 Å². The van der Waals surface area contributed by atoms with E-state index in [0.717, 1.165) is 18.5 Å². The number of amides is 1. The number of nitrogens with one attached hydrogen (secondary N) is 1. The Labute approximate surface area is 201 Å². The summed E-state index contributed by atoms with van der Waals surface area (Å²) in [5.74, 6) is -0.00743. The summed E-state index contributed by atoms with van der Waals surface area (Å²) in [5.41, 5.74) is 7.54. The number of nitrogens with two attached hydrogens (primary N) is 1. The van der Waals surface area contributed by atoms with Crippen LogP contribution in [0.3, 0.4) is 0 Å². The Balaban J connectivity index is 1.39. The van der Waals surface area contributed by atoms with Crippen molar-refractivity contribution in [2.24, 2.45) is 0 Å². The zero-order valence-corrected chi connectivity index (χ0v) is 19.5. The Morgan fingerprint density at radius 1 is 1.26 bits per heavy atom. The number of aliphatic hydroxyl groups is 1. The zero-order valence-electron chi connectivity index (χ0n) is 19.5. The van der Waals surface area contributed by atoms with Gasteiger partial charge in [0, 0.05) is 41.7 Å². The van der Waals surface area contributed by atoms with E-state index in [1.165, 1.54) is 18.6 Å². The van der Waals surface area contributed by atoms with E-state index in [0.29, 0.717) is 28.2 Å². The van der Waals surface area contributed by atoms with Crippen LogP contribution in [-0.4, -0.2) is 52.7 Å². The molecule has 0 atom stereocenters. The number of aromatic nitrogens is 6. The first kappa shape index (κ1) is 22.7. The van der Waals surface area contributed by atoms with E-state index in [-0.39, 0.29) is 36.4 Å². The lowest BCUT2D eigenvalue weighted by atomic mass is 10.1. The molecule has 5 rings (SSSR count). The molecule has 0 unspecified atom stereocenters. The van der Waals surface area contributed by atoms with E-state index in [9.17, 15) is 14.7 Å². The summed E-state index contributed by atoms with van der Waals surface area (Å²) >= 11 is 0. The molecule has 0 spiro atoms. The van der Waals surface area contributed by atoms with Crippen molar-refractivity contribution in [1.82, 2.24) is 29.3 Å². The fourth-order valence-electron chi connectivity index (χ4n) is 3.94. The number of carbonyl (C=O) groups excluding carboxylic acids is 2. The van der Waals surface area contributed by atoms with Crippen molar-refractivity contribution < 1.29 is 14.7 Å². The predicted molar refractivity (Wildman–Crippen MR) is 129 cm³/mol. The highest BCUT2D eigenvalue weighted by molar-refractivity contribution is 6.16. The molecule has 4 N–H and O–H groups in total. The summed E-state index contributed by atoms with van der Waals surface area (Å²) in [6.45, 7) is 3.54. The largest absolute Gasteiger partial charge is 0.394 e. The monoisotopic (exact) mass is 474 g/mol. The standard InChI is InChI=1S/C24H26N8O3/c1-24(2,13-33)32-11-18(17-10-27-23(25)29-22(17)32)21(35)15-7-16(9-26-8-15)28-20(34)12-31-6-5-19(30-31)14-3-4-14/h5-11,14,33H,3-4,12-13H2,1-2H3,(H,28,34)(H2,25,27,29). The van der Waals surface area contributed by atoms with Crippen LogP contribution in [0.25, 0.3) is 11.0 Å². The smallest absolute Gasteiger partial charge is 0.246 e. The summed E-state index contributed by atoms with van der Waals surface area (Å²) in [4.78, 5) is 38.4. The van der Waals surface area contributed by atoms with Gasteiger partial charge in [-0.25, -0.2) is 4.98 Å². The van der Waals surface area contributed by atoms with Crippen LogP contribution in [0.1, 0.15) is 54.2 Å². The molecule has 180 valence electrons. The molecule has 1 aliphatic carbocycles. The van der Waals surface area contributed by atoms with Crippen molar-refractivity contribution in [3.63, 3.8) is 0 Å². The van der Waals surface area contributed by atoms with E-state index in [2.05, 4.69) is 25.4 Å². The van der Waals surface area contributed by atoms with Crippen molar-refractivity contribution in [1.29, 1.82) is 0 Å². The van der Waals surface area contributed by atoms with Crippen molar-refractivity contribution in [3.05, 3.63) is 59.9 Å². The van der Waals surface area contributed by atoms with Crippen LogP contribution in [0.4, 0.5) is 11.6 Å². The Kier molecular flexibility index (Phi) is 5.56. The number of ketones is 1. The average Bonchev–Trinajstić information content (AvgIpc) is 3.46. The lowest BCUT2D eigenvalue weighted by molar-refractivity contribution is -0.116. The lowest BCUT2D eigenvalue weighted by Crippen LogP contribution is -2.30. The van der Waals surface area contributed by atoms with Gasteiger partial charge in [-0.1, -0.05) is 0 Å². The van der Waals surface area contributed by atoms with E-state index < -0.39 is 5.54 Å². The van der Waals surface area contributed by atoms with Crippen LogP contribution >= 0.6 is 0 Å². The Bertz CT molecular complexity index is 1430. The van der Waals surface area contributed by atoms with Crippen molar-refractivity contribution in [2.75, 3.05) is 17.7 Å². The fourth-order valence-corrected chi connectivity index (χ4v) is 3.94. The van der Waals surface area contributed by atoms with Crippen LogP contribution in [0.5, 0.6) is 0 Å². The highest BCUT2D eigenvalue weighted by atomic mass is 16.3. The Morgan fingerprint density at radius 2 is 2.06 bits per heavy atom. The summed E-state index contributed by atoms with van der Waals surface area (Å²) in [7, 11) is 0. The van der Waals surface area contributed by atoms with Gasteiger partial charge in [0.15, 0.2) is 5.78 Å². The van der Waals surface area contributed by atoms with Gasteiger partial charge >= 0.3 is 0 Å². The first-order chi connectivity index (χ1) is 16.7. The second-order valence-electron chi connectivity index (χ2n) is 9.40. The number of nitrogens with zero attached hydrogens (tertiary/aromatic N) is 6. The molecule has 11 nitrogen and oxygen atoms in total. The van der Waals surface area contributed by atoms with Gasteiger partial charge in [0.1, 0.15) is 12.2 Å². The van der Waals surface area contributed by atoms with Gasteiger partial charge in [-0.15, -0.1) is 0 Å². The van der Waals surface area contributed by atoms with E-state index in [1.807, 2.05) is 19.9 Å². The second kappa shape index (κ2) is 8.58. The van der Waals surface area contributed by atoms with Crippen molar-refractivity contribution in [2.45, 2.75) is 44.7 Å². The van der Waals surface area contributed by atoms with Gasteiger partial charge in [-0.3, -0.25) is 19.3 Å². The maximum atomic E-state index is 13.4. The number of rotatable bonds is 8. The highest BCUT2D eigenvalue weighted by Crippen LogP contribution is 2.38. The van der Waals surface area contributed by atoms with Gasteiger partial charge in [-0.05, 0) is 38.8 Å². The number of hydrogen-bond donors (Lipinski definition) is 3. The SMILES string of the molecule is CC(C)(CO)n1cc(C(=O)c2cncc(NC(=O)Cn3ccc(C4CC4)n3)c2)c2cnc(N)nc21. The molecule has 1 aliphatic rings. The minimum atomic E-state index is -0.725. The highest BCUT2D eigenvalue weighted by Gasteiger charge is 2.27. The number of fused-ring (bicyclic) bond motifs is 1. The molecular formula is C24H26N8O3. The Hall–Kier alpha value is -4.12. The molecule has 4 heterocycles. The van der Waals surface area contributed by atoms with Gasteiger partial charge < -0.3 is 20.7 Å². The molecule has 11 heteroatoms. The Morgan fingerprint density at radius 3 is 2.80 bits per heavy atom. The molecular weight excluding hydrogens is 448 g/mol. The number of nitrogen functional groups attached to an aromatic ring is 1. The molecule has 1 fully saturated rings. The third-order valence-electron chi connectivity index (χ3n) is 6.09. The van der Waals surface area contributed by atoms with Gasteiger partial charge in [0.25, 0.3) is 0 Å². The quantitative estimate of drug-likeness (QED) is 0.328. The zero-order chi connectivity index (χ0) is 24.7. The van der Waals surface area contributed by atoms with Gasteiger partial charge in [0.2, 0.25) is 11.9 Å². The summed E-state index contributed by atoms with van der Waals surface area (Å²) in [6, 6.07) is 3.52. The molecule has 35 heavy (non-hydrogen) atoms. The molecule has 0 bridgehead atoms. The third-order valence-corrected chi connectivity index (χ3v) is 6.09. The van der Waals surface area contributed by atoms with Crippen LogP contribution in [0.2, 0.25) is 0 Å². The normalized spacial score (nSPS) is 13.8. The van der Waals surface area contributed by atoms with Crippen molar-refractivity contribution in [3.8, 4) is 0 Å². The number of anilines is 2. The van der Waals surface area contributed by atoms with Crippen LogP contribution in [0.15, 0.2) is 43.1 Å². The third kappa shape index (κ3) is 4.50. The number of pyridine rings is 1. The molecule has 1 amide bonds. The molecule has 0 aromatic carbocycles. The van der Waals surface area contributed by atoms with E-state index in [4.69, 9.17) is 5.73 Å². The molecule has 0 aliphatic heterocycles. The van der Waals surface area contributed by atoms with Crippen LogP contribution in [-0.2, 0) is 16.9 Å². The molecule has 4 aromatic heterocycles. The maximum absolute atomic E-state index is 13.4. The second-order valence-corrected chi connectivity index (χ2v) is 9.40. The maximum Gasteiger partial charge on any atom is 0.246 e. The minimum absolute atomic E-state index is 0.0629. The topological polar surface area (TPSA) is 154 Å². The molecule has 4 aromatic rings. The number of aliphatic hydroxyl groups excluding tert-OH is 1. The molecule has 0 radical (unpaired) electrons. The van der Waals surface area contributed by atoms with Gasteiger partial charge in [0.05, 0.1) is 35.3 Å². The average molecular weight is 475 g/mol. The predicted octanol–water partition coefficient (Wildman–Crippen LogP) is 2.08. The number of hydrogen-bond acceptors (Lipinski definition) is 8. The minimum Gasteiger partial charge on any atom is -0.394 e. The van der Waals surface area contributed by atoms with E-state index in [1.54, 1.807) is 27.7 Å². The van der Waals surface area contributed by atoms with Crippen LogP contribution < -0.4 is 11.1 Å². The fraction of sp³-hybridized carbons (Fsp3) is 0.333. The number of carbonyl (C=O) groups is 2. The van der Waals surface area contributed by atoms with Gasteiger partial charge in [-0.2, -0.15) is 10.1 Å². The lowest BCUT2D eigenvalue weighted by Gasteiger charge is -2.24. The summed E-state index contributed by atoms with van der Waals surface area (Å²) < 4.78 is 3.32. The summed E-state index contributed by atoms with van der Waals surface area (Å²) in [5, 5.41) is 17.6. The molecule has 1 saturated carbocycles. The van der Waals surface area contributed by atoms with Crippen LogP contribution in [0, 0.1) is 0 Å².